The Hall–Kier alpha value is -2.29. The maximum Gasteiger partial charge on any atom is 0.320 e. The van der Waals surface area contributed by atoms with E-state index in [4.69, 9.17) is 0 Å². The summed E-state index contributed by atoms with van der Waals surface area (Å²) in [5.41, 5.74) is 0.757. The highest BCUT2D eigenvalue weighted by molar-refractivity contribution is 7.99. The van der Waals surface area contributed by atoms with Crippen LogP contribution >= 0.6 is 11.8 Å². The molecule has 2 rings (SSSR count). The summed E-state index contributed by atoms with van der Waals surface area (Å²) in [6.07, 6.45) is 5.41. The molecule has 1 N–H and O–H groups in total. The van der Waals surface area contributed by atoms with Gasteiger partial charge in [0.1, 0.15) is 6.20 Å². The molecular weight excluding hydrogens is 292 g/mol. The van der Waals surface area contributed by atoms with E-state index in [0.717, 1.165) is 23.7 Å². The van der Waals surface area contributed by atoms with E-state index in [2.05, 4.69) is 25.3 Å². The molecule has 0 aliphatic rings. The zero-order valence-corrected chi connectivity index (χ0v) is 12.4. The Labute approximate surface area is 125 Å². The fourth-order valence-electron chi connectivity index (χ4n) is 1.40. The van der Waals surface area contributed by atoms with Crippen LogP contribution in [0.25, 0.3) is 0 Å². The molecule has 2 aromatic rings. The highest BCUT2D eigenvalue weighted by Gasteiger charge is 2.19. The highest BCUT2D eigenvalue weighted by Crippen LogP contribution is 2.31. The summed E-state index contributed by atoms with van der Waals surface area (Å²) in [4.78, 5) is 26.9. The number of rotatable bonds is 6. The third kappa shape index (κ3) is 4.09. The van der Waals surface area contributed by atoms with Gasteiger partial charge in [-0.15, -0.1) is 0 Å². The van der Waals surface area contributed by atoms with Crippen molar-refractivity contribution in [1.82, 2.24) is 19.9 Å². The third-order valence-corrected chi connectivity index (χ3v) is 3.30. The molecule has 21 heavy (non-hydrogen) atoms. The van der Waals surface area contributed by atoms with E-state index >= 15 is 0 Å². The number of aryl methyl sites for hydroxylation is 1. The zero-order valence-electron chi connectivity index (χ0n) is 11.6. The topological polar surface area (TPSA) is 107 Å². The summed E-state index contributed by atoms with van der Waals surface area (Å²) in [5.74, 6) is 0.358. The van der Waals surface area contributed by atoms with Crippen molar-refractivity contribution in [3.63, 3.8) is 0 Å². The van der Waals surface area contributed by atoms with Gasteiger partial charge < -0.3 is 5.32 Å². The van der Waals surface area contributed by atoms with Crippen LogP contribution in [-0.2, 0) is 0 Å². The first kappa shape index (κ1) is 15.1. The van der Waals surface area contributed by atoms with E-state index < -0.39 is 4.92 Å². The minimum absolute atomic E-state index is 0.161. The van der Waals surface area contributed by atoms with Gasteiger partial charge in [0.05, 0.1) is 4.92 Å². The fourth-order valence-corrected chi connectivity index (χ4v) is 2.15. The molecule has 110 valence electrons. The molecule has 0 spiro atoms. The van der Waals surface area contributed by atoms with E-state index in [0.29, 0.717) is 17.6 Å². The first-order valence-electron chi connectivity index (χ1n) is 6.32. The standard InChI is InChI=1S/C12H14N6O2S/c1-3-4-13-11-14-7-9(18(19)20)10(17-11)21-12-15-5-8(2)6-16-12/h5-7H,3-4H2,1-2H3,(H,13,14,17). The molecule has 8 nitrogen and oxygen atoms in total. The summed E-state index contributed by atoms with van der Waals surface area (Å²) >= 11 is 1.04. The molecule has 0 saturated heterocycles. The Morgan fingerprint density at radius 3 is 2.62 bits per heavy atom. The fraction of sp³-hybridized carbons (Fsp3) is 0.333. The zero-order chi connectivity index (χ0) is 15.2. The molecule has 0 atom stereocenters. The average molecular weight is 306 g/mol. The van der Waals surface area contributed by atoms with E-state index in [9.17, 15) is 10.1 Å². The van der Waals surface area contributed by atoms with Crippen molar-refractivity contribution in [3.05, 3.63) is 34.3 Å². The third-order valence-electron chi connectivity index (χ3n) is 2.41. The SMILES string of the molecule is CCCNc1ncc([N+](=O)[O-])c(Sc2ncc(C)cn2)n1. The molecule has 0 radical (unpaired) electrons. The lowest BCUT2D eigenvalue weighted by molar-refractivity contribution is -0.388. The predicted molar refractivity (Wildman–Crippen MR) is 78.4 cm³/mol. The maximum absolute atomic E-state index is 11.0. The van der Waals surface area contributed by atoms with Crippen LogP contribution in [0.1, 0.15) is 18.9 Å². The van der Waals surface area contributed by atoms with E-state index in [1.165, 1.54) is 6.20 Å². The van der Waals surface area contributed by atoms with Crippen molar-refractivity contribution in [2.75, 3.05) is 11.9 Å². The van der Waals surface area contributed by atoms with Crippen molar-refractivity contribution in [3.8, 4) is 0 Å². The minimum atomic E-state index is -0.514. The number of aromatic nitrogens is 4. The van der Waals surface area contributed by atoms with Crippen LogP contribution in [0.3, 0.4) is 0 Å². The number of hydrogen-bond donors (Lipinski definition) is 1. The first-order chi connectivity index (χ1) is 10.1. The Kier molecular flexibility index (Phi) is 4.99. The summed E-state index contributed by atoms with van der Waals surface area (Å²) in [6, 6.07) is 0. The Morgan fingerprint density at radius 2 is 2.00 bits per heavy atom. The molecule has 0 fully saturated rings. The van der Waals surface area contributed by atoms with Crippen LogP contribution in [0.4, 0.5) is 11.6 Å². The molecule has 0 aliphatic heterocycles. The molecule has 0 amide bonds. The smallest absolute Gasteiger partial charge is 0.320 e. The van der Waals surface area contributed by atoms with Crippen LogP contribution in [0.5, 0.6) is 0 Å². The van der Waals surface area contributed by atoms with Gasteiger partial charge in [-0.25, -0.2) is 15.0 Å². The monoisotopic (exact) mass is 306 g/mol. The summed E-state index contributed by atoms with van der Waals surface area (Å²) in [7, 11) is 0. The lowest BCUT2D eigenvalue weighted by atomic mass is 10.4. The van der Waals surface area contributed by atoms with Crippen molar-refractivity contribution in [2.24, 2.45) is 0 Å². The van der Waals surface area contributed by atoms with Crippen molar-refractivity contribution >= 4 is 23.4 Å². The quantitative estimate of drug-likeness (QED) is 0.375. The Balaban J connectivity index is 2.29. The molecule has 0 aromatic carbocycles. The second-order valence-electron chi connectivity index (χ2n) is 4.21. The second-order valence-corrected chi connectivity index (χ2v) is 5.17. The summed E-state index contributed by atoms with van der Waals surface area (Å²) in [6.45, 7) is 4.57. The van der Waals surface area contributed by atoms with Crippen LogP contribution in [0.2, 0.25) is 0 Å². The number of nitrogens with zero attached hydrogens (tertiary/aromatic N) is 5. The molecule has 2 aromatic heterocycles. The van der Waals surface area contributed by atoms with Gasteiger partial charge in [0.25, 0.3) is 0 Å². The lowest BCUT2D eigenvalue weighted by Gasteiger charge is -2.05. The Morgan fingerprint density at radius 1 is 1.29 bits per heavy atom. The van der Waals surface area contributed by atoms with Gasteiger partial charge in [-0.05, 0) is 30.7 Å². The molecule has 0 aliphatic carbocycles. The van der Waals surface area contributed by atoms with Crippen molar-refractivity contribution in [2.45, 2.75) is 30.5 Å². The summed E-state index contributed by atoms with van der Waals surface area (Å²) < 4.78 is 0. The van der Waals surface area contributed by atoms with Crippen LogP contribution in [0, 0.1) is 17.0 Å². The molecular formula is C12H14N6O2S. The number of nitrogens with one attached hydrogen (secondary N) is 1. The van der Waals surface area contributed by atoms with Gasteiger partial charge in [-0.2, -0.15) is 4.98 Å². The number of anilines is 1. The number of nitro groups is 1. The molecule has 0 unspecified atom stereocenters. The number of hydrogen-bond acceptors (Lipinski definition) is 8. The molecule has 0 bridgehead atoms. The van der Waals surface area contributed by atoms with Crippen LogP contribution in [0.15, 0.2) is 28.8 Å². The van der Waals surface area contributed by atoms with Crippen LogP contribution < -0.4 is 5.32 Å². The average Bonchev–Trinajstić information content (AvgIpc) is 2.47. The molecule has 9 heteroatoms. The Bertz CT molecular complexity index is 634. The largest absolute Gasteiger partial charge is 0.354 e. The van der Waals surface area contributed by atoms with Gasteiger partial charge in [-0.3, -0.25) is 10.1 Å². The van der Waals surface area contributed by atoms with Gasteiger partial charge in [0.2, 0.25) is 5.95 Å². The maximum atomic E-state index is 11.0. The van der Waals surface area contributed by atoms with Gasteiger partial charge in [-0.1, -0.05) is 6.92 Å². The minimum Gasteiger partial charge on any atom is -0.354 e. The van der Waals surface area contributed by atoms with Gasteiger partial charge in [0, 0.05) is 18.9 Å². The van der Waals surface area contributed by atoms with Gasteiger partial charge >= 0.3 is 5.69 Å². The van der Waals surface area contributed by atoms with Gasteiger partial charge in [0.15, 0.2) is 10.2 Å². The van der Waals surface area contributed by atoms with E-state index in [1.54, 1.807) is 12.4 Å². The molecule has 2 heterocycles. The summed E-state index contributed by atoms with van der Waals surface area (Å²) in [5, 5.41) is 14.7. The van der Waals surface area contributed by atoms with E-state index in [1.807, 2.05) is 13.8 Å². The van der Waals surface area contributed by atoms with E-state index in [-0.39, 0.29) is 10.7 Å². The van der Waals surface area contributed by atoms with Crippen LogP contribution in [-0.4, -0.2) is 31.4 Å². The second kappa shape index (κ2) is 6.93. The van der Waals surface area contributed by atoms with Crippen molar-refractivity contribution in [1.29, 1.82) is 0 Å². The normalized spacial score (nSPS) is 10.4. The molecule has 0 saturated carbocycles. The lowest BCUT2D eigenvalue weighted by Crippen LogP contribution is -2.06. The first-order valence-corrected chi connectivity index (χ1v) is 7.13. The predicted octanol–water partition coefficient (Wildman–Crippen LogP) is 2.46. The highest BCUT2D eigenvalue weighted by atomic mass is 32.2. The van der Waals surface area contributed by atoms with Crippen molar-refractivity contribution < 1.29 is 4.92 Å².